The molecule has 0 spiro atoms. The van der Waals surface area contributed by atoms with Crippen LogP contribution in [-0.2, 0) is 6.54 Å². The second-order valence-corrected chi connectivity index (χ2v) is 5.72. The topological polar surface area (TPSA) is 61.8 Å². The molecule has 0 radical (unpaired) electrons. The van der Waals surface area contributed by atoms with Gasteiger partial charge >= 0.3 is 0 Å². The Labute approximate surface area is 119 Å². The average Bonchev–Trinajstić information content (AvgIpc) is 2.44. The zero-order chi connectivity index (χ0) is 14.3. The first-order valence-corrected chi connectivity index (χ1v) is 7.74. The lowest BCUT2D eigenvalue weighted by atomic mass is 10.1. The number of nitrogens with zero attached hydrogens (tertiary/aromatic N) is 2. The molecule has 1 aromatic rings. The summed E-state index contributed by atoms with van der Waals surface area (Å²) in [6.07, 6.45) is 3.31. The summed E-state index contributed by atoms with van der Waals surface area (Å²) >= 11 is 1.88. The van der Waals surface area contributed by atoms with E-state index in [-0.39, 0.29) is 5.84 Å². The highest BCUT2D eigenvalue weighted by atomic mass is 32.2. The van der Waals surface area contributed by atoms with Crippen molar-refractivity contribution in [2.24, 2.45) is 10.9 Å². The summed E-state index contributed by atoms with van der Waals surface area (Å²) < 4.78 is 0. The van der Waals surface area contributed by atoms with E-state index < -0.39 is 0 Å². The number of hydrogen-bond acceptors (Lipinski definition) is 4. The number of hydrogen-bond donors (Lipinski definition) is 2. The number of rotatable bonds is 7. The Morgan fingerprint density at radius 2 is 2.26 bits per heavy atom. The molecule has 4 nitrogen and oxygen atoms in total. The predicted octanol–water partition coefficient (Wildman–Crippen LogP) is 2.35. The Bertz CT molecular complexity index is 423. The van der Waals surface area contributed by atoms with Crippen LogP contribution in [0.2, 0.25) is 0 Å². The van der Waals surface area contributed by atoms with Crippen molar-refractivity contribution in [1.82, 2.24) is 4.90 Å². The summed E-state index contributed by atoms with van der Waals surface area (Å²) in [5.74, 6) is 1.33. The summed E-state index contributed by atoms with van der Waals surface area (Å²) in [4.78, 5) is 2.32. The van der Waals surface area contributed by atoms with Gasteiger partial charge in [0, 0.05) is 18.2 Å². The predicted molar refractivity (Wildman–Crippen MR) is 82.9 cm³/mol. The summed E-state index contributed by atoms with van der Waals surface area (Å²) in [5, 5.41) is 11.7. The Morgan fingerprint density at radius 3 is 2.89 bits per heavy atom. The molecule has 1 rings (SSSR count). The lowest BCUT2D eigenvalue weighted by molar-refractivity contribution is 0.245. The minimum atomic E-state index is 0.153. The van der Waals surface area contributed by atoms with Gasteiger partial charge in [0.2, 0.25) is 0 Å². The van der Waals surface area contributed by atoms with Crippen molar-refractivity contribution in [3.8, 4) is 0 Å². The number of oxime groups is 1. The molecule has 19 heavy (non-hydrogen) atoms. The molecule has 0 bridgehead atoms. The van der Waals surface area contributed by atoms with Gasteiger partial charge in [-0.2, -0.15) is 11.8 Å². The third kappa shape index (κ3) is 5.12. The summed E-state index contributed by atoms with van der Waals surface area (Å²) in [6.45, 7) is 3.10. The van der Waals surface area contributed by atoms with Crippen molar-refractivity contribution in [3.63, 3.8) is 0 Å². The van der Waals surface area contributed by atoms with E-state index in [1.807, 2.05) is 30.0 Å². The molecular formula is C14H23N3OS. The molecule has 1 unspecified atom stereocenters. The molecule has 0 amide bonds. The number of nitrogens with two attached hydrogens (primary N) is 1. The Kier molecular flexibility index (Phi) is 6.73. The van der Waals surface area contributed by atoms with Crippen molar-refractivity contribution in [1.29, 1.82) is 0 Å². The fourth-order valence-electron chi connectivity index (χ4n) is 1.84. The third-order valence-corrected chi connectivity index (χ3v) is 3.90. The van der Waals surface area contributed by atoms with E-state index in [2.05, 4.69) is 36.3 Å². The van der Waals surface area contributed by atoms with Crippen LogP contribution in [0.15, 0.2) is 29.4 Å². The number of thioether (sulfide) groups is 1. The summed E-state index contributed by atoms with van der Waals surface area (Å²) in [6, 6.07) is 8.34. The van der Waals surface area contributed by atoms with E-state index in [1.165, 1.54) is 17.7 Å². The lowest BCUT2D eigenvalue weighted by Gasteiger charge is -2.24. The second-order valence-electron chi connectivity index (χ2n) is 4.73. The first-order valence-electron chi connectivity index (χ1n) is 6.34. The molecule has 1 aromatic carbocycles. The van der Waals surface area contributed by atoms with Gasteiger partial charge in [-0.05, 0) is 44.0 Å². The highest BCUT2D eigenvalue weighted by Crippen LogP contribution is 2.12. The van der Waals surface area contributed by atoms with Gasteiger partial charge in [-0.3, -0.25) is 4.90 Å². The van der Waals surface area contributed by atoms with Gasteiger partial charge in [-0.1, -0.05) is 23.4 Å². The summed E-state index contributed by atoms with van der Waals surface area (Å²) in [7, 11) is 2.13. The van der Waals surface area contributed by atoms with Crippen LogP contribution >= 0.6 is 11.8 Å². The van der Waals surface area contributed by atoms with Crippen molar-refractivity contribution < 1.29 is 5.21 Å². The number of benzene rings is 1. The van der Waals surface area contributed by atoms with Crippen LogP contribution in [0.25, 0.3) is 0 Å². The standard InChI is InChI=1S/C14H23N3OS/c1-11(7-8-19-3)17(2)10-12-5-4-6-13(9-12)14(15)16-18/h4-6,9,11,18H,7-8,10H2,1-3H3,(H2,15,16). The first kappa shape index (κ1) is 15.9. The van der Waals surface area contributed by atoms with Crippen LogP contribution in [-0.4, -0.2) is 41.0 Å². The molecule has 0 fully saturated rings. The Hall–Kier alpha value is -1.20. The molecule has 0 aliphatic carbocycles. The van der Waals surface area contributed by atoms with Crippen LogP contribution in [0.1, 0.15) is 24.5 Å². The molecular weight excluding hydrogens is 258 g/mol. The molecule has 0 aliphatic heterocycles. The van der Waals surface area contributed by atoms with E-state index in [0.717, 1.165) is 12.1 Å². The normalized spacial score (nSPS) is 13.8. The maximum Gasteiger partial charge on any atom is 0.170 e. The third-order valence-electron chi connectivity index (χ3n) is 3.25. The van der Waals surface area contributed by atoms with E-state index >= 15 is 0 Å². The van der Waals surface area contributed by atoms with Crippen molar-refractivity contribution in [2.75, 3.05) is 19.1 Å². The van der Waals surface area contributed by atoms with Crippen LogP contribution < -0.4 is 5.73 Å². The quantitative estimate of drug-likeness (QED) is 0.348. The minimum Gasteiger partial charge on any atom is -0.409 e. The summed E-state index contributed by atoms with van der Waals surface area (Å²) in [5.41, 5.74) is 7.53. The van der Waals surface area contributed by atoms with Gasteiger partial charge in [0.15, 0.2) is 5.84 Å². The Morgan fingerprint density at radius 1 is 1.53 bits per heavy atom. The molecule has 0 aliphatic rings. The molecule has 0 aromatic heterocycles. The first-order chi connectivity index (χ1) is 9.08. The largest absolute Gasteiger partial charge is 0.409 e. The van der Waals surface area contributed by atoms with Crippen LogP contribution in [0.3, 0.4) is 0 Å². The molecule has 5 heteroatoms. The van der Waals surface area contributed by atoms with Crippen LogP contribution in [0.4, 0.5) is 0 Å². The highest BCUT2D eigenvalue weighted by molar-refractivity contribution is 7.98. The number of amidine groups is 1. The zero-order valence-corrected chi connectivity index (χ0v) is 12.7. The zero-order valence-electron chi connectivity index (χ0n) is 11.8. The smallest absolute Gasteiger partial charge is 0.170 e. The fourth-order valence-corrected chi connectivity index (χ4v) is 2.42. The van der Waals surface area contributed by atoms with Gasteiger partial charge in [0.1, 0.15) is 0 Å². The Balaban J connectivity index is 2.66. The highest BCUT2D eigenvalue weighted by Gasteiger charge is 2.10. The average molecular weight is 281 g/mol. The fraction of sp³-hybridized carbons (Fsp3) is 0.500. The lowest BCUT2D eigenvalue weighted by Crippen LogP contribution is -2.29. The van der Waals surface area contributed by atoms with Gasteiger partial charge in [-0.15, -0.1) is 0 Å². The van der Waals surface area contributed by atoms with Gasteiger partial charge in [-0.25, -0.2) is 0 Å². The van der Waals surface area contributed by atoms with Crippen LogP contribution in [0, 0.1) is 0 Å². The molecule has 1 atom stereocenters. The molecule has 0 saturated heterocycles. The SMILES string of the molecule is CSCCC(C)N(C)Cc1cccc(/C(N)=N/O)c1. The maximum absolute atomic E-state index is 8.70. The van der Waals surface area contributed by atoms with Crippen molar-refractivity contribution >= 4 is 17.6 Å². The maximum atomic E-state index is 8.70. The molecule has 0 heterocycles. The van der Waals surface area contributed by atoms with Crippen molar-refractivity contribution in [3.05, 3.63) is 35.4 Å². The van der Waals surface area contributed by atoms with E-state index in [4.69, 9.17) is 10.9 Å². The van der Waals surface area contributed by atoms with E-state index in [1.54, 1.807) is 0 Å². The van der Waals surface area contributed by atoms with Gasteiger partial charge in [0.25, 0.3) is 0 Å². The minimum absolute atomic E-state index is 0.153. The van der Waals surface area contributed by atoms with Crippen LogP contribution in [0.5, 0.6) is 0 Å². The van der Waals surface area contributed by atoms with E-state index in [0.29, 0.717) is 6.04 Å². The molecule has 0 saturated carbocycles. The van der Waals surface area contributed by atoms with Gasteiger partial charge < -0.3 is 10.9 Å². The van der Waals surface area contributed by atoms with Crippen molar-refractivity contribution in [2.45, 2.75) is 25.9 Å². The second kappa shape index (κ2) is 8.07. The molecule has 3 N–H and O–H groups in total. The monoisotopic (exact) mass is 281 g/mol. The van der Waals surface area contributed by atoms with Gasteiger partial charge in [0.05, 0.1) is 0 Å². The molecule has 106 valence electrons. The van der Waals surface area contributed by atoms with E-state index in [9.17, 15) is 0 Å².